The predicted molar refractivity (Wildman–Crippen MR) is 275 cm³/mol. The third kappa shape index (κ3) is 12.5. The molecule has 18 heteroatoms. The summed E-state index contributed by atoms with van der Waals surface area (Å²) >= 11 is 0. The standard InChI is InChI=1S/C30H35N5O5.C25H27N5O3/c1-18(2)38-25-15-12-19(16-23(25)31-6)28-32-27(33-40-28)22-11-9-10-21-20(22)13-14-24(21)35(17-26(36)34(7)8)29(37)39-30(3,4)5;1-15(2)32-22-12-9-16(13-21(22)26-3)25-28-24(29-33-25)19-8-6-7-18-17(19)10-11-20(18)27-14-23(31)30(4)5/h9-12,15-16,18,24H,13-14,17H2,1-5,7-8H3;6-9,12-13,15,20,27H,10-11,14H2,1-2,4-5H3/t24-;20-/m00/s1. The molecule has 0 bridgehead atoms. The molecule has 2 aliphatic rings. The fourth-order valence-electron chi connectivity index (χ4n) is 8.60. The van der Waals surface area contributed by atoms with E-state index in [2.05, 4.69) is 41.4 Å². The van der Waals surface area contributed by atoms with Crippen molar-refractivity contribution < 1.29 is 37.6 Å². The van der Waals surface area contributed by atoms with Gasteiger partial charge in [0, 0.05) is 56.5 Å². The van der Waals surface area contributed by atoms with Crippen LogP contribution >= 0.6 is 0 Å². The molecular weight excluding hydrogens is 929 g/mol. The van der Waals surface area contributed by atoms with E-state index >= 15 is 0 Å². The fraction of sp³-hybridized carbons (Fsp3) is 0.400. The molecule has 2 heterocycles. The van der Waals surface area contributed by atoms with Gasteiger partial charge >= 0.3 is 6.09 Å². The minimum absolute atomic E-state index is 0.0224. The molecule has 0 fully saturated rings. The molecule has 2 aromatic heterocycles. The highest BCUT2D eigenvalue weighted by Crippen LogP contribution is 2.42. The van der Waals surface area contributed by atoms with Gasteiger partial charge < -0.3 is 38.4 Å². The second kappa shape index (κ2) is 22.5. The molecule has 380 valence electrons. The quantitative estimate of drug-likeness (QED) is 0.102. The maximum Gasteiger partial charge on any atom is 0.411 e. The number of hydrogen-bond acceptors (Lipinski definition) is 13. The van der Waals surface area contributed by atoms with Crippen LogP contribution in [0.3, 0.4) is 0 Å². The third-order valence-electron chi connectivity index (χ3n) is 12.0. The smallest absolute Gasteiger partial charge is 0.411 e. The molecule has 8 rings (SSSR count). The number of hydrogen-bond donors (Lipinski definition) is 1. The SMILES string of the molecule is [C-]#[N+]c1cc(-c2nc(-c3cccc4c3CC[C@@H]4N(CC(=O)N(C)C)C(=O)OC(C)(C)C)no2)ccc1OC(C)C.[C-]#[N+]c1cc(-c2nc(-c3cccc4c3CC[C@@H]4NCC(=O)N(C)C)no2)ccc1OC(C)C. The van der Waals surface area contributed by atoms with Gasteiger partial charge in [-0.05, 0) is 133 Å². The molecule has 0 aliphatic heterocycles. The Balaban J connectivity index is 0.000000218. The molecular formula is C55H62N10O8. The van der Waals surface area contributed by atoms with Crippen molar-refractivity contribution in [3.8, 4) is 57.2 Å². The van der Waals surface area contributed by atoms with Crippen LogP contribution in [0.1, 0.15) is 95.6 Å². The Bertz CT molecular complexity index is 3060. The van der Waals surface area contributed by atoms with Gasteiger partial charge in [0.25, 0.3) is 11.8 Å². The summed E-state index contributed by atoms with van der Waals surface area (Å²) in [5.41, 5.74) is 7.33. The van der Waals surface area contributed by atoms with Crippen molar-refractivity contribution in [3.63, 3.8) is 0 Å². The summed E-state index contributed by atoms with van der Waals surface area (Å²) in [6.45, 7) is 28.3. The van der Waals surface area contributed by atoms with Gasteiger partial charge in [-0.15, -0.1) is 0 Å². The largest absolute Gasteiger partial charge is 0.502 e. The zero-order valence-electron chi connectivity index (χ0n) is 43.3. The molecule has 0 unspecified atom stereocenters. The lowest BCUT2D eigenvalue weighted by molar-refractivity contribution is -0.130. The third-order valence-corrected chi connectivity index (χ3v) is 12.0. The molecule has 0 radical (unpaired) electrons. The zero-order valence-corrected chi connectivity index (χ0v) is 43.3. The highest BCUT2D eigenvalue weighted by molar-refractivity contribution is 5.83. The van der Waals surface area contributed by atoms with E-state index < -0.39 is 11.7 Å². The fourth-order valence-corrected chi connectivity index (χ4v) is 8.60. The Morgan fingerprint density at radius 1 is 0.712 bits per heavy atom. The topological polar surface area (TPSA) is 187 Å². The van der Waals surface area contributed by atoms with E-state index in [0.29, 0.717) is 70.9 Å². The van der Waals surface area contributed by atoms with Gasteiger partial charge in [0.1, 0.15) is 23.6 Å². The normalized spacial score (nSPS) is 14.6. The summed E-state index contributed by atoms with van der Waals surface area (Å²) in [6, 6.07) is 22.1. The lowest BCUT2D eigenvalue weighted by atomic mass is 10.0. The van der Waals surface area contributed by atoms with Gasteiger partial charge in [0.05, 0.1) is 37.9 Å². The number of aromatic nitrogens is 4. The lowest BCUT2D eigenvalue weighted by Crippen LogP contribution is -2.44. The van der Waals surface area contributed by atoms with Crippen LogP contribution in [0.2, 0.25) is 0 Å². The van der Waals surface area contributed by atoms with E-state index in [4.69, 9.17) is 36.4 Å². The number of nitrogens with one attached hydrogen (secondary N) is 1. The number of rotatable bonds is 14. The zero-order chi connectivity index (χ0) is 52.7. The number of amides is 3. The minimum atomic E-state index is -0.701. The molecule has 0 spiro atoms. The van der Waals surface area contributed by atoms with Gasteiger partial charge in [-0.2, -0.15) is 9.97 Å². The van der Waals surface area contributed by atoms with Crippen molar-refractivity contribution in [1.82, 2.24) is 40.3 Å². The molecule has 0 saturated carbocycles. The molecule has 2 aliphatic carbocycles. The van der Waals surface area contributed by atoms with Crippen molar-refractivity contribution in [1.29, 1.82) is 0 Å². The van der Waals surface area contributed by atoms with Crippen molar-refractivity contribution >= 4 is 29.3 Å². The number of likely N-dealkylation sites (N-methyl/N-ethyl adjacent to an activating group) is 2. The Labute approximate surface area is 426 Å². The summed E-state index contributed by atoms with van der Waals surface area (Å²) in [5, 5.41) is 11.8. The maximum absolute atomic E-state index is 13.2. The summed E-state index contributed by atoms with van der Waals surface area (Å²) in [5.74, 6) is 2.46. The van der Waals surface area contributed by atoms with Crippen molar-refractivity contribution in [2.24, 2.45) is 0 Å². The van der Waals surface area contributed by atoms with Crippen LogP contribution in [0.15, 0.2) is 81.8 Å². The molecule has 6 aromatic rings. The summed E-state index contributed by atoms with van der Waals surface area (Å²) < 4.78 is 28.2. The Kier molecular flexibility index (Phi) is 16.3. The Morgan fingerprint density at radius 2 is 1.21 bits per heavy atom. The van der Waals surface area contributed by atoms with Crippen LogP contribution in [0, 0.1) is 13.1 Å². The minimum Gasteiger partial charge on any atom is -0.502 e. The highest BCUT2D eigenvalue weighted by atomic mass is 16.6. The highest BCUT2D eigenvalue weighted by Gasteiger charge is 2.37. The van der Waals surface area contributed by atoms with E-state index in [9.17, 15) is 14.4 Å². The van der Waals surface area contributed by atoms with Crippen LogP contribution in [0.4, 0.5) is 16.2 Å². The average molecular weight is 991 g/mol. The van der Waals surface area contributed by atoms with Gasteiger partial charge in [-0.25, -0.2) is 14.5 Å². The molecule has 2 atom stereocenters. The van der Waals surface area contributed by atoms with Crippen LogP contribution in [-0.4, -0.2) is 112 Å². The molecule has 4 aromatic carbocycles. The molecule has 18 nitrogen and oxygen atoms in total. The first-order valence-corrected chi connectivity index (χ1v) is 24.2. The maximum atomic E-state index is 13.2. The number of benzene rings is 4. The number of ether oxygens (including phenoxy) is 3. The number of carbonyl (C=O) groups excluding carboxylic acids is 3. The van der Waals surface area contributed by atoms with Crippen molar-refractivity contribution in [3.05, 3.63) is 118 Å². The lowest BCUT2D eigenvalue weighted by Gasteiger charge is -2.32. The molecule has 3 amide bonds. The number of nitrogens with zero attached hydrogens (tertiary/aromatic N) is 9. The summed E-state index contributed by atoms with van der Waals surface area (Å²) in [7, 11) is 6.83. The second-order valence-corrected chi connectivity index (χ2v) is 19.7. The Hall–Kier alpha value is -8.09. The van der Waals surface area contributed by atoms with Gasteiger partial charge in [0.15, 0.2) is 0 Å². The summed E-state index contributed by atoms with van der Waals surface area (Å²) in [6.07, 6.45) is 2.45. The van der Waals surface area contributed by atoms with E-state index in [1.165, 1.54) is 15.4 Å². The second-order valence-electron chi connectivity index (χ2n) is 19.7. The van der Waals surface area contributed by atoms with Crippen LogP contribution < -0.4 is 14.8 Å². The average Bonchev–Trinajstić information content (AvgIpc) is 4.19. The van der Waals surface area contributed by atoms with Gasteiger partial charge in [-0.3, -0.25) is 14.5 Å². The van der Waals surface area contributed by atoms with Crippen molar-refractivity contribution in [2.45, 2.75) is 104 Å². The van der Waals surface area contributed by atoms with Gasteiger partial charge in [0.2, 0.25) is 34.8 Å². The first-order chi connectivity index (χ1) is 34.7. The van der Waals surface area contributed by atoms with Crippen molar-refractivity contribution in [2.75, 3.05) is 41.3 Å². The van der Waals surface area contributed by atoms with E-state index in [0.717, 1.165) is 40.7 Å². The first-order valence-electron chi connectivity index (χ1n) is 24.2. The monoisotopic (exact) mass is 990 g/mol. The van der Waals surface area contributed by atoms with E-state index in [-0.39, 0.29) is 48.5 Å². The first kappa shape index (κ1) is 52.7. The van der Waals surface area contributed by atoms with Crippen LogP contribution in [0.25, 0.3) is 55.4 Å². The van der Waals surface area contributed by atoms with Gasteiger partial charge in [-0.1, -0.05) is 46.7 Å². The van der Waals surface area contributed by atoms with Crippen LogP contribution in [0.5, 0.6) is 11.5 Å². The molecule has 73 heavy (non-hydrogen) atoms. The summed E-state index contributed by atoms with van der Waals surface area (Å²) in [4.78, 5) is 58.8. The van der Waals surface area contributed by atoms with E-state index in [1.807, 2.05) is 64.1 Å². The Morgan fingerprint density at radius 3 is 1.68 bits per heavy atom. The molecule has 1 N–H and O–H groups in total. The number of carbonyl (C=O) groups is 3. The van der Waals surface area contributed by atoms with E-state index in [1.54, 1.807) is 84.2 Å². The van der Waals surface area contributed by atoms with Crippen LogP contribution in [-0.2, 0) is 27.2 Å². The number of fused-ring (bicyclic) bond motifs is 2. The molecule has 0 saturated heterocycles. The predicted octanol–water partition coefficient (Wildman–Crippen LogP) is 10.5.